The molecule has 0 spiro atoms. The standard InChI is InChI=1S/C21H20FNO2/c1-21(2,3)20(24)17(13-23)12-15-8-10-18(11-9-15)25-14-16-6-4-5-7-19(16)22/h4-12H,14H2,1-3H3. The molecule has 0 aliphatic heterocycles. The van der Waals surface area contributed by atoms with Gasteiger partial charge in [0.25, 0.3) is 0 Å². The van der Waals surface area contributed by atoms with E-state index in [2.05, 4.69) is 0 Å². The zero-order valence-corrected chi connectivity index (χ0v) is 14.5. The van der Waals surface area contributed by atoms with Crippen molar-refractivity contribution in [1.29, 1.82) is 5.26 Å². The van der Waals surface area contributed by atoms with E-state index in [1.165, 1.54) is 6.07 Å². The summed E-state index contributed by atoms with van der Waals surface area (Å²) in [5, 5.41) is 9.21. The molecule has 25 heavy (non-hydrogen) atoms. The average molecular weight is 337 g/mol. The third-order valence-electron chi connectivity index (χ3n) is 3.59. The van der Waals surface area contributed by atoms with E-state index in [0.717, 1.165) is 5.56 Å². The second-order valence-electron chi connectivity index (χ2n) is 6.70. The molecule has 4 heteroatoms. The number of ketones is 1. The van der Waals surface area contributed by atoms with Crippen LogP contribution in [0.5, 0.6) is 5.75 Å². The molecule has 0 atom stereocenters. The Balaban J connectivity index is 2.09. The Hall–Kier alpha value is -2.93. The van der Waals surface area contributed by atoms with Gasteiger partial charge in [-0.1, -0.05) is 51.1 Å². The number of rotatable bonds is 5. The first-order valence-electron chi connectivity index (χ1n) is 7.94. The lowest BCUT2D eigenvalue weighted by Crippen LogP contribution is -2.21. The Morgan fingerprint density at radius 1 is 1.16 bits per heavy atom. The van der Waals surface area contributed by atoms with Crippen molar-refractivity contribution in [3.05, 3.63) is 71.0 Å². The Morgan fingerprint density at radius 2 is 1.80 bits per heavy atom. The van der Waals surface area contributed by atoms with E-state index in [-0.39, 0.29) is 23.8 Å². The van der Waals surface area contributed by atoms with Crippen LogP contribution >= 0.6 is 0 Å². The fraction of sp³-hybridized carbons (Fsp3) is 0.238. The minimum Gasteiger partial charge on any atom is -0.489 e. The van der Waals surface area contributed by atoms with Crippen molar-refractivity contribution in [2.24, 2.45) is 5.41 Å². The van der Waals surface area contributed by atoms with Crippen LogP contribution in [0.15, 0.2) is 54.1 Å². The van der Waals surface area contributed by atoms with Crippen LogP contribution in [0.3, 0.4) is 0 Å². The Kier molecular flexibility index (Phi) is 5.71. The van der Waals surface area contributed by atoms with E-state index in [9.17, 15) is 14.4 Å². The number of nitrogens with zero attached hydrogens (tertiary/aromatic N) is 1. The molecule has 0 saturated carbocycles. The number of ether oxygens (including phenoxy) is 1. The SMILES string of the molecule is CC(C)(C)C(=O)C(C#N)=Cc1ccc(OCc2ccccc2F)cc1. The summed E-state index contributed by atoms with van der Waals surface area (Å²) in [5.41, 5.74) is 0.721. The molecule has 0 unspecified atom stereocenters. The van der Waals surface area contributed by atoms with E-state index in [4.69, 9.17) is 4.74 Å². The van der Waals surface area contributed by atoms with Crippen molar-refractivity contribution in [1.82, 2.24) is 0 Å². The maximum atomic E-state index is 13.6. The molecule has 0 radical (unpaired) electrons. The topological polar surface area (TPSA) is 50.1 Å². The third kappa shape index (κ3) is 5.02. The molecular formula is C21H20FNO2. The van der Waals surface area contributed by atoms with Gasteiger partial charge >= 0.3 is 0 Å². The zero-order chi connectivity index (χ0) is 18.4. The number of nitriles is 1. The number of carbonyl (C=O) groups excluding carboxylic acids is 1. The summed E-state index contributed by atoms with van der Waals surface area (Å²) in [6, 6.07) is 15.4. The minimum atomic E-state index is -0.607. The van der Waals surface area contributed by atoms with Crippen LogP contribution in [0, 0.1) is 22.6 Å². The van der Waals surface area contributed by atoms with Gasteiger partial charge in [0.15, 0.2) is 5.78 Å². The van der Waals surface area contributed by atoms with Crippen molar-refractivity contribution in [2.75, 3.05) is 0 Å². The molecule has 0 heterocycles. The van der Waals surface area contributed by atoms with Gasteiger partial charge < -0.3 is 4.74 Å². The van der Waals surface area contributed by atoms with Crippen molar-refractivity contribution in [3.63, 3.8) is 0 Å². The summed E-state index contributed by atoms with van der Waals surface area (Å²) in [7, 11) is 0. The van der Waals surface area contributed by atoms with Crippen LogP contribution in [0.1, 0.15) is 31.9 Å². The molecule has 2 rings (SSSR count). The second kappa shape index (κ2) is 7.76. The van der Waals surface area contributed by atoms with E-state index in [1.807, 2.05) is 6.07 Å². The molecule has 0 saturated heterocycles. The van der Waals surface area contributed by atoms with Crippen molar-refractivity contribution in [3.8, 4) is 11.8 Å². The van der Waals surface area contributed by atoms with Gasteiger partial charge in [0, 0.05) is 11.0 Å². The van der Waals surface area contributed by atoms with E-state index < -0.39 is 5.41 Å². The zero-order valence-electron chi connectivity index (χ0n) is 14.5. The lowest BCUT2D eigenvalue weighted by atomic mass is 9.86. The van der Waals surface area contributed by atoms with Crippen molar-refractivity contribution >= 4 is 11.9 Å². The highest BCUT2D eigenvalue weighted by Crippen LogP contribution is 2.22. The van der Waals surface area contributed by atoms with Gasteiger partial charge in [0.05, 0.1) is 5.57 Å². The number of hydrogen-bond acceptors (Lipinski definition) is 3. The molecular weight excluding hydrogens is 317 g/mol. The Morgan fingerprint density at radius 3 is 2.36 bits per heavy atom. The van der Waals surface area contributed by atoms with Gasteiger partial charge in [-0.3, -0.25) is 4.79 Å². The third-order valence-corrected chi connectivity index (χ3v) is 3.59. The van der Waals surface area contributed by atoms with Gasteiger partial charge in [0.1, 0.15) is 24.2 Å². The highest BCUT2D eigenvalue weighted by Gasteiger charge is 2.24. The normalized spacial score (nSPS) is 11.7. The molecule has 2 aromatic rings. The minimum absolute atomic E-state index is 0.118. The first-order chi connectivity index (χ1) is 11.8. The molecule has 0 amide bonds. The molecule has 0 bridgehead atoms. The number of benzene rings is 2. The fourth-order valence-electron chi connectivity index (χ4n) is 2.16. The number of carbonyl (C=O) groups is 1. The lowest BCUT2D eigenvalue weighted by molar-refractivity contribution is -0.121. The van der Waals surface area contributed by atoms with Gasteiger partial charge in [-0.05, 0) is 29.8 Å². The van der Waals surface area contributed by atoms with Gasteiger partial charge in [-0.2, -0.15) is 5.26 Å². The lowest BCUT2D eigenvalue weighted by Gasteiger charge is -2.15. The quantitative estimate of drug-likeness (QED) is 0.574. The maximum Gasteiger partial charge on any atom is 0.178 e. The van der Waals surface area contributed by atoms with Crippen LogP contribution in [0.4, 0.5) is 4.39 Å². The summed E-state index contributed by atoms with van der Waals surface area (Å²) in [4.78, 5) is 12.2. The summed E-state index contributed by atoms with van der Waals surface area (Å²) in [5.74, 6) is 0.0809. The first-order valence-corrected chi connectivity index (χ1v) is 7.94. The summed E-state index contributed by atoms with van der Waals surface area (Å²) in [6.45, 7) is 5.47. The average Bonchev–Trinajstić information content (AvgIpc) is 2.58. The first kappa shape index (κ1) is 18.4. The monoisotopic (exact) mass is 337 g/mol. The van der Waals surface area contributed by atoms with Crippen LogP contribution in [0.2, 0.25) is 0 Å². The fourth-order valence-corrected chi connectivity index (χ4v) is 2.16. The van der Waals surface area contributed by atoms with E-state index in [0.29, 0.717) is 11.3 Å². The number of allylic oxidation sites excluding steroid dienone is 1. The van der Waals surface area contributed by atoms with Gasteiger partial charge in [-0.25, -0.2) is 4.39 Å². The summed E-state index contributed by atoms with van der Waals surface area (Å²) in [6.07, 6.45) is 1.56. The van der Waals surface area contributed by atoms with Crippen LogP contribution in [-0.2, 0) is 11.4 Å². The van der Waals surface area contributed by atoms with Crippen LogP contribution < -0.4 is 4.74 Å². The molecule has 2 aromatic carbocycles. The molecule has 0 N–H and O–H groups in total. The maximum absolute atomic E-state index is 13.6. The highest BCUT2D eigenvalue weighted by atomic mass is 19.1. The smallest absolute Gasteiger partial charge is 0.178 e. The van der Waals surface area contributed by atoms with Crippen molar-refractivity contribution < 1.29 is 13.9 Å². The molecule has 0 aliphatic rings. The number of halogens is 1. The predicted molar refractivity (Wildman–Crippen MR) is 95.2 cm³/mol. The van der Waals surface area contributed by atoms with Gasteiger partial charge in [0.2, 0.25) is 0 Å². The molecule has 128 valence electrons. The molecule has 3 nitrogen and oxygen atoms in total. The van der Waals surface area contributed by atoms with Crippen molar-refractivity contribution in [2.45, 2.75) is 27.4 Å². The summed E-state index contributed by atoms with van der Waals surface area (Å²) < 4.78 is 19.1. The second-order valence-corrected chi connectivity index (χ2v) is 6.70. The van der Waals surface area contributed by atoms with E-state index >= 15 is 0 Å². The molecule has 0 aromatic heterocycles. The van der Waals surface area contributed by atoms with Crippen LogP contribution in [-0.4, -0.2) is 5.78 Å². The molecule has 0 aliphatic carbocycles. The Bertz CT molecular complexity index is 824. The largest absolute Gasteiger partial charge is 0.489 e. The number of Topliss-reactive ketones (excluding diaryl/α,β-unsaturated/α-hetero) is 1. The van der Waals surface area contributed by atoms with Gasteiger partial charge in [-0.15, -0.1) is 0 Å². The Labute approximate surface area is 147 Å². The highest BCUT2D eigenvalue weighted by molar-refractivity contribution is 6.06. The van der Waals surface area contributed by atoms with Crippen LogP contribution in [0.25, 0.3) is 6.08 Å². The summed E-state index contributed by atoms with van der Waals surface area (Å²) >= 11 is 0. The van der Waals surface area contributed by atoms with E-state index in [1.54, 1.807) is 69.3 Å². The number of hydrogen-bond donors (Lipinski definition) is 0. The predicted octanol–water partition coefficient (Wildman–Crippen LogP) is 4.93. The molecule has 0 fully saturated rings.